The summed E-state index contributed by atoms with van der Waals surface area (Å²) in [6.45, 7) is -0.441. The number of aromatic nitrogens is 2. The lowest BCUT2D eigenvalue weighted by atomic mass is 9.95. The number of fused-ring (bicyclic) bond motifs is 1. The predicted octanol–water partition coefficient (Wildman–Crippen LogP) is 7.55. The summed E-state index contributed by atoms with van der Waals surface area (Å²) in [4.78, 5) is 8.83. The first kappa shape index (κ1) is 28.1. The van der Waals surface area contributed by atoms with Gasteiger partial charge in [-0.1, -0.05) is 35.3 Å². The first-order valence-corrected chi connectivity index (χ1v) is 11.7. The molecular formula is C25H16Cl2F6N6. The molecule has 39 heavy (non-hydrogen) atoms. The fourth-order valence-corrected chi connectivity index (χ4v) is 4.41. The Morgan fingerprint density at radius 1 is 1.03 bits per heavy atom. The molecule has 202 valence electrons. The molecule has 0 saturated carbocycles. The fraction of sp³-hybridized carbons (Fsp3) is 0.160. The molecule has 14 heteroatoms. The number of guanidine groups is 1. The van der Waals surface area contributed by atoms with Gasteiger partial charge in [0.05, 0.1) is 45.2 Å². The van der Waals surface area contributed by atoms with Gasteiger partial charge in [0.15, 0.2) is 6.19 Å². The zero-order chi connectivity index (χ0) is 28.5. The second-order valence-corrected chi connectivity index (χ2v) is 9.08. The van der Waals surface area contributed by atoms with Crippen molar-refractivity contribution in [3.05, 3.63) is 93.7 Å². The molecule has 1 aromatic heterocycles. The number of hydrogen-bond donors (Lipinski definition) is 1. The molecule has 1 atom stereocenters. The molecule has 0 radical (unpaired) electrons. The van der Waals surface area contributed by atoms with Crippen molar-refractivity contribution in [1.29, 1.82) is 5.26 Å². The monoisotopic (exact) mass is 584 g/mol. The molecule has 0 amide bonds. The second kappa shape index (κ2) is 10.7. The Morgan fingerprint density at radius 2 is 1.74 bits per heavy atom. The molecule has 4 aromatic rings. The topological polar surface area (TPSA) is 83.2 Å². The van der Waals surface area contributed by atoms with Gasteiger partial charge in [-0.3, -0.25) is 0 Å². The number of alkyl halides is 6. The minimum Gasteiger partial charge on any atom is -0.369 e. The summed E-state index contributed by atoms with van der Waals surface area (Å²) in [5.74, 6) is -0.610. The van der Waals surface area contributed by atoms with Crippen molar-refractivity contribution in [2.24, 2.45) is 10.7 Å². The largest absolute Gasteiger partial charge is 0.416 e. The van der Waals surface area contributed by atoms with Crippen LogP contribution in [0.4, 0.5) is 32.0 Å². The van der Waals surface area contributed by atoms with E-state index in [1.807, 2.05) is 0 Å². The quantitative estimate of drug-likeness (QED) is 0.0862. The summed E-state index contributed by atoms with van der Waals surface area (Å²) >= 11 is 12.0. The van der Waals surface area contributed by atoms with Gasteiger partial charge in [0.2, 0.25) is 5.96 Å². The number of nitrogens with two attached hydrogens (primary N) is 1. The molecule has 0 saturated heterocycles. The van der Waals surface area contributed by atoms with E-state index in [2.05, 4.69) is 9.98 Å². The van der Waals surface area contributed by atoms with Crippen LogP contribution >= 0.6 is 23.2 Å². The van der Waals surface area contributed by atoms with Crippen LogP contribution in [0, 0.1) is 11.5 Å². The highest BCUT2D eigenvalue weighted by Gasteiger charge is 2.40. The number of rotatable bonds is 5. The van der Waals surface area contributed by atoms with E-state index < -0.39 is 47.6 Å². The molecule has 3 aromatic carbocycles. The van der Waals surface area contributed by atoms with E-state index in [-0.39, 0.29) is 15.7 Å². The summed E-state index contributed by atoms with van der Waals surface area (Å²) in [5, 5.41) is 10.3. The highest BCUT2D eigenvalue weighted by molar-refractivity contribution is 6.36. The van der Waals surface area contributed by atoms with Crippen LogP contribution in [-0.2, 0) is 18.9 Å². The lowest BCUT2D eigenvalue weighted by Crippen LogP contribution is -2.39. The smallest absolute Gasteiger partial charge is 0.369 e. The summed E-state index contributed by atoms with van der Waals surface area (Å²) in [7, 11) is 0. The SMILES string of the molecule is N#CN(C(N)=Nc1ccc(Cl)cc1Cl)C(Cn1cnc2ccccc21)c1cc(C(F)(F)F)ccc1C(F)(F)F. The third kappa shape index (κ3) is 6.05. The Morgan fingerprint density at radius 3 is 2.38 bits per heavy atom. The van der Waals surface area contributed by atoms with Gasteiger partial charge in [0, 0.05) is 11.6 Å². The summed E-state index contributed by atoms with van der Waals surface area (Å²) in [5.41, 5.74) is 3.51. The molecule has 0 bridgehead atoms. The van der Waals surface area contributed by atoms with Crippen LogP contribution in [0.3, 0.4) is 0 Å². The maximum Gasteiger partial charge on any atom is 0.416 e. The molecule has 1 unspecified atom stereocenters. The number of nitriles is 1. The molecule has 0 aliphatic rings. The lowest BCUT2D eigenvalue weighted by Gasteiger charge is -2.30. The van der Waals surface area contributed by atoms with Crippen molar-refractivity contribution in [2.75, 3.05) is 0 Å². The molecule has 6 nitrogen and oxygen atoms in total. The van der Waals surface area contributed by atoms with Crippen molar-refractivity contribution in [3.63, 3.8) is 0 Å². The average molecular weight is 585 g/mol. The van der Waals surface area contributed by atoms with E-state index in [1.54, 1.807) is 30.5 Å². The van der Waals surface area contributed by atoms with Crippen LogP contribution in [0.1, 0.15) is 22.7 Å². The predicted molar refractivity (Wildman–Crippen MR) is 134 cm³/mol. The molecular weight excluding hydrogens is 569 g/mol. The van der Waals surface area contributed by atoms with E-state index in [0.29, 0.717) is 34.1 Å². The maximum atomic E-state index is 14.1. The molecule has 4 rings (SSSR count). The standard InChI is InChI=1S/C25H16Cl2F6N6/c26-15-6-8-19(18(27)10-15)37-23(35)39(12-34)22(11-38-13-36-20-3-1-2-4-21(20)38)16-9-14(24(28,29)30)5-7-17(16)25(31,32)33/h1-10,13,22H,11H2,(H2,35,37). The van der Waals surface area contributed by atoms with Crippen LogP contribution in [-0.4, -0.2) is 20.4 Å². The highest BCUT2D eigenvalue weighted by atomic mass is 35.5. The van der Waals surface area contributed by atoms with Crippen LogP contribution in [0.15, 0.2) is 72.0 Å². The zero-order valence-electron chi connectivity index (χ0n) is 19.5. The van der Waals surface area contributed by atoms with Crippen molar-refractivity contribution in [1.82, 2.24) is 14.5 Å². The van der Waals surface area contributed by atoms with Gasteiger partial charge < -0.3 is 10.3 Å². The summed E-state index contributed by atoms with van der Waals surface area (Å²) in [6, 6.07) is 10.0. The molecule has 0 aliphatic heterocycles. The molecule has 1 heterocycles. The Balaban J connectivity index is 1.94. The zero-order valence-corrected chi connectivity index (χ0v) is 21.0. The molecule has 0 fully saturated rings. The first-order valence-electron chi connectivity index (χ1n) is 11.0. The number of hydrogen-bond acceptors (Lipinski definition) is 3. The lowest BCUT2D eigenvalue weighted by molar-refractivity contribution is -0.142. The van der Waals surface area contributed by atoms with E-state index in [0.717, 1.165) is 0 Å². The number of imidazole rings is 1. The molecule has 0 spiro atoms. The molecule has 2 N–H and O–H groups in total. The van der Waals surface area contributed by atoms with Crippen LogP contribution in [0.5, 0.6) is 0 Å². The maximum absolute atomic E-state index is 14.1. The Hall–Kier alpha value is -3.95. The number of nitrogens with zero attached hydrogens (tertiary/aromatic N) is 5. The van der Waals surface area contributed by atoms with Crippen molar-refractivity contribution < 1.29 is 26.3 Å². The van der Waals surface area contributed by atoms with E-state index >= 15 is 0 Å². The number of benzene rings is 3. The van der Waals surface area contributed by atoms with Crippen molar-refractivity contribution in [3.8, 4) is 6.19 Å². The van der Waals surface area contributed by atoms with Gasteiger partial charge in [-0.05, 0) is 54.1 Å². The first-order chi connectivity index (χ1) is 18.3. The number of halogens is 8. The van der Waals surface area contributed by atoms with E-state index in [4.69, 9.17) is 28.9 Å². The third-order valence-electron chi connectivity index (χ3n) is 5.75. The van der Waals surface area contributed by atoms with Gasteiger partial charge >= 0.3 is 12.4 Å². The Bertz CT molecular complexity index is 1590. The second-order valence-electron chi connectivity index (χ2n) is 8.23. The van der Waals surface area contributed by atoms with Gasteiger partial charge in [0.1, 0.15) is 0 Å². The van der Waals surface area contributed by atoms with Crippen LogP contribution < -0.4 is 5.73 Å². The van der Waals surface area contributed by atoms with Gasteiger partial charge in [-0.25, -0.2) is 14.9 Å². The summed E-state index contributed by atoms with van der Waals surface area (Å²) in [6.07, 6.45) is -7.04. The number of aliphatic imine (C=N–C) groups is 1. The minimum atomic E-state index is -5.05. The Labute approximate surface area is 227 Å². The van der Waals surface area contributed by atoms with E-state index in [9.17, 15) is 31.6 Å². The summed E-state index contributed by atoms with van der Waals surface area (Å²) < 4.78 is 84.5. The van der Waals surface area contributed by atoms with Crippen LogP contribution in [0.25, 0.3) is 11.0 Å². The Kier molecular flexibility index (Phi) is 7.68. The van der Waals surface area contributed by atoms with E-state index in [1.165, 1.54) is 29.1 Å². The van der Waals surface area contributed by atoms with Gasteiger partial charge in [0.25, 0.3) is 0 Å². The van der Waals surface area contributed by atoms with Gasteiger partial charge in [-0.15, -0.1) is 0 Å². The molecule has 0 aliphatic carbocycles. The average Bonchev–Trinajstić information content (AvgIpc) is 3.27. The van der Waals surface area contributed by atoms with Crippen LogP contribution in [0.2, 0.25) is 10.0 Å². The number of para-hydroxylation sites is 2. The van der Waals surface area contributed by atoms with Crippen molar-refractivity contribution >= 4 is 45.9 Å². The van der Waals surface area contributed by atoms with Crippen molar-refractivity contribution in [2.45, 2.75) is 24.9 Å². The fourth-order valence-electron chi connectivity index (χ4n) is 3.96. The third-order valence-corrected chi connectivity index (χ3v) is 6.29. The normalized spacial score (nSPS) is 13.4. The minimum absolute atomic E-state index is 0.0237. The highest BCUT2D eigenvalue weighted by Crippen LogP contribution is 2.41. The van der Waals surface area contributed by atoms with Gasteiger partial charge in [-0.2, -0.15) is 31.6 Å².